The van der Waals surface area contributed by atoms with E-state index in [4.69, 9.17) is 9.47 Å². The van der Waals surface area contributed by atoms with Crippen molar-refractivity contribution in [2.45, 2.75) is 0 Å². The Morgan fingerprint density at radius 3 is 2.34 bits per heavy atom. The first-order valence-electron chi connectivity index (χ1n) is 9.09. The molecule has 0 atom stereocenters. The van der Waals surface area contributed by atoms with Crippen LogP contribution in [-0.2, 0) is 0 Å². The Labute approximate surface area is 172 Å². The Morgan fingerprint density at radius 1 is 0.862 bits per heavy atom. The molecule has 0 bridgehead atoms. The summed E-state index contributed by atoms with van der Waals surface area (Å²) in [6, 6.07) is 23.7. The Bertz CT molecular complexity index is 1180. The number of methoxy groups -OCH3 is 1. The number of ether oxygens (including phenoxy) is 2. The normalized spacial score (nSPS) is 10.7. The van der Waals surface area contributed by atoms with Crippen LogP contribution in [0.25, 0.3) is 10.1 Å². The highest BCUT2D eigenvalue weighted by atomic mass is 32.1. The van der Waals surface area contributed by atoms with Gasteiger partial charge < -0.3 is 9.47 Å². The van der Waals surface area contributed by atoms with Crippen molar-refractivity contribution in [3.8, 4) is 11.5 Å². The van der Waals surface area contributed by atoms with Gasteiger partial charge in [-0.15, -0.1) is 11.3 Å². The Balaban J connectivity index is 1.68. The fourth-order valence-electron chi connectivity index (χ4n) is 3.13. The standard InChI is InChI=1S/C24H18O4S/c1-27-20-13-7-5-11-17(20)19(25)15-28-23-18-12-6-8-14-21(18)29-24(23)22(26)16-9-3-2-4-10-16/h2-14H,15H2,1H3. The quantitative estimate of drug-likeness (QED) is 0.388. The molecule has 0 amide bonds. The van der Waals surface area contributed by atoms with Crippen LogP contribution in [0.4, 0.5) is 0 Å². The molecule has 144 valence electrons. The fourth-order valence-corrected chi connectivity index (χ4v) is 4.24. The maximum Gasteiger partial charge on any atom is 0.206 e. The zero-order valence-corrected chi connectivity index (χ0v) is 16.6. The van der Waals surface area contributed by atoms with E-state index < -0.39 is 0 Å². The molecule has 0 unspecified atom stereocenters. The molecule has 0 aliphatic rings. The summed E-state index contributed by atoms with van der Waals surface area (Å²) in [5.41, 5.74) is 1.03. The van der Waals surface area contributed by atoms with Crippen molar-refractivity contribution in [3.05, 3.63) is 94.9 Å². The van der Waals surface area contributed by atoms with Crippen LogP contribution in [0.3, 0.4) is 0 Å². The zero-order chi connectivity index (χ0) is 20.2. The van der Waals surface area contributed by atoms with Crippen LogP contribution in [0.2, 0.25) is 0 Å². The Hall–Kier alpha value is -3.44. The molecule has 3 aromatic carbocycles. The lowest BCUT2D eigenvalue weighted by Crippen LogP contribution is -2.14. The summed E-state index contributed by atoms with van der Waals surface area (Å²) >= 11 is 1.37. The predicted molar refractivity (Wildman–Crippen MR) is 115 cm³/mol. The van der Waals surface area contributed by atoms with E-state index in [0.29, 0.717) is 27.5 Å². The Morgan fingerprint density at radius 2 is 1.55 bits per heavy atom. The third-order valence-corrected chi connectivity index (χ3v) is 5.70. The molecule has 0 spiro atoms. The number of thiophene rings is 1. The van der Waals surface area contributed by atoms with Gasteiger partial charge in [0.15, 0.2) is 6.61 Å². The van der Waals surface area contributed by atoms with E-state index in [0.717, 1.165) is 10.1 Å². The summed E-state index contributed by atoms with van der Waals surface area (Å²) in [5.74, 6) is 0.613. The minimum absolute atomic E-state index is 0.119. The average Bonchev–Trinajstić information content (AvgIpc) is 3.16. The van der Waals surface area contributed by atoms with Crippen LogP contribution in [0.1, 0.15) is 25.6 Å². The van der Waals surface area contributed by atoms with Gasteiger partial charge in [-0.25, -0.2) is 0 Å². The number of hydrogen-bond donors (Lipinski definition) is 0. The summed E-state index contributed by atoms with van der Waals surface area (Å²) in [4.78, 5) is 26.3. The second kappa shape index (κ2) is 8.29. The van der Waals surface area contributed by atoms with Crippen molar-refractivity contribution < 1.29 is 19.1 Å². The van der Waals surface area contributed by atoms with Crippen molar-refractivity contribution >= 4 is 33.0 Å². The molecule has 5 heteroatoms. The van der Waals surface area contributed by atoms with Gasteiger partial charge in [-0.3, -0.25) is 9.59 Å². The van der Waals surface area contributed by atoms with Crippen LogP contribution in [0.15, 0.2) is 78.9 Å². The maximum absolute atomic E-state index is 13.1. The summed E-state index contributed by atoms with van der Waals surface area (Å²) in [6.07, 6.45) is 0. The molecule has 1 aromatic heterocycles. The van der Waals surface area contributed by atoms with Gasteiger partial charge in [-0.05, 0) is 24.3 Å². The number of Topliss-reactive ketones (excluding diaryl/α,β-unsaturated/α-hetero) is 1. The topological polar surface area (TPSA) is 52.6 Å². The van der Waals surface area contributed by atoms with Crippen molar-refractivity contribution in [1.29, 1.82) is 0 Å². The monoisotopic (exact) mass is 402 g/mol. The van der Waals surface area contributed by atoms with Gasteiger partial charge in [-0.1, -0.05) is 54.6 Å². The van der Waals surface area contributed by atoms with Gasteiger partial charge in [-0.2, -0.15) is 0 Å². The first-order valence-corrected chi connectivity index (χ1v) is 9.91. The van der Waals surface area contributed by atoms with Gasteiger partial charge in [0.2, 0.25) is 11.6 Å². The van der Waals surface area contributed by atoms with E-state index in [1.807, 2.05) is 42.5 Å². The molecule has 0 aliphatic carbocycles. The molecular formula is C24H18O4S. The molecule has 0 radical (unpaired) electrons. The molecule has 0 saturated carbocycles. The molecule has 4 nitrogen and oxygen atoms in total. The van der Waals surface area contributed by atoms with Crippen molar-refractivity contribution in [1.82, 2.24) is 0 Å². The van der Waals surface area contributed by atoms with Crippen LogP contribution >= 0.6 is 11.3 Å². The average molecular weight is 402 g/mol. The second-order valence-corrected chi connectivity index (χ2v) is 7.42. The number of hydrogen-bond acceptors (Lipinski definition) is 5. The number of carbonyl (C=O) groups excluding carboxylic acids is 2. The van der Waals surface area contributed by atoms with E-state index in [-0.39, 0.29) is 18.2 Å². The summed E-state index contributed by atoms with van der Waals surface area (Å²) in [7, 11) is 1.52. The zero-order valence-electron chi connectivity index (χ0n) is 15.8. The first kappa shape index (κ1) is 18.9. The van der Waals surface area contributed by atoms with Gasteiger partial charge >= 0.3 is 0 Å². The van der Waals surface area contributed by atoms with Crippen LogP contribution in [0, 0.1) is 0 Å². The lowest BCUT2D eigenvalue weighted by atomic mass is 10.1. The molecule has 4 rings (SSSR count). The fraction of sp³-hybridized carbons (Fsp3) is 0.0833. The third-order valence-electron chi connectivity index (χ3n) is 4.55. The first-order chi connectivity index (χ1) is 14.2. The number of ketones is 2. The summed E-state index contributed by atoms with van der Waals surface area (Å²) in [6.45, 7) is -0.184. The molecule has 0 aliphatic heterocycles. The smallest absolute Gasteiger partial charge is 0.206 e. The van der Waals surface area contributed by atoms with E-state index in [1.54, 1.807) is 36.4 Å². The summed E-state index contributed by atoms with van der Waals surface area (Å²) in [5, 5.41) is 0.824. The number of fused-ring (bicyclic) bond motifs is 1. The summed E-state index contributed by atoms with van der Waals surface area (Å²) < 4.78 is 12.1. The molecule has 0 N–H and O–H groups in total. The van der Waals surface area contributed by atoms with E-state index in [9.17, 15) is 9.59 Å². The van der Waals surface area contributed by atoms with Crippen molar-refractivity contribution in [2.75, 3.05) is 13.7 Å². The van der Waals surface area contributed by atoms with Gasteiger partial charge in [0.25, 0.3) is 0 Å². The van der Waals surface area contributed by atoms with Crippen LogP contribution in [-0.4, -0.2) is 25.3 Å². The largest absolute Gasteiger partial charge is 0.496 e. The van der Waals surface area contributed by atoms with Gasteiger partial charge in [0.1, 0.15) is 16.4 Å². The highest BCUT2D eigenvalue weighted by Crippen LogP contribution is 2.39. The van der Waals surface area contributed by atoms with Gasteiger partial charge in [0, 0.05) is 15.6 Å². The van der Waals surface area contributed by atoms with Crippen molar-refractivity contribution in [2.24, 2.45) is 0 Å². The van der Waals surface area contributed by atoms with E-state index in [1.165, 1.54) is 18.4 Å². The minimum Gasteiger partial charge on any atom is -0.496 e. The SMILES string of the molecule is COc1ccccc1C(=O)COc1c(C(=O)c2ccccc2)sc2ccccc12. The minimum atomic E-state index is -0.212. The number of benzene rings is 3. The lowest BCUT2D eigenvalue weighted by molar-refractivity contribution is 0.0914. The lowest BCUT2D eigenvalue weighted by Gasteiger charge is -2.10. The van der Waals surface area contributed by atoms with Crippen LogP contribution < -0.4 is 9.47 Å². The third kappa shape index (κ3) is 3.77. The molecule has 0 fully saturated rings. The van der Waals surface area contributed by atoms with Gasteiger partial charge in [0.05, 0.1) is 12.7 Å². The van der Waals surface area contributed by atoms with E-state index >= 15 is 0 Å². The molecule has 29 heavy (non-hydrogen) atoms. The molecule has 4 aromatic rings. The molecule has 1 heterocycles. The second-order valence-electron chi connectivity index (χ2n) is 6.36. The highest BCUT2D eigenvalue weighted by Gasteiger charge is 2.22. The Kier molecular flexibility index (Phi) is 5.40. The number of para-hydroxylation sites is 1. The van der Waals surface area contributed by atoms with E-state index in [2.05, 4.69) is 0 Å². The van der Waals surface area contributed by atoms with Crippen molar-refractivity contribution in [3.63, 3.8) is 0 Å². The molecular weight excluding hydrogens is 384 g/mol. The highest BCUT2D eigenvalue weighted by molar-refractivity contribution is 7.21. The number of carbonyl (C=O) groups is 2. The maximum atomic E-state index is 13.1. The molecule has 0 saturated heterocycles. The predicted octanol–water partition coefficient (Wildman–Crippen LogP) is 5.40. The number of rotatable bonds is 7. The van der Waals surface area contributed by atoms with Crippen LogP contribution in [0.5, 0.6) is 11.5 Å².